The molecule has 0 aliphatic carbocycles. The van der Waals surface area contributed by atoms with E-state index in [2.05, 4.69) is 21.2 Å². The predicted molar refractivity (Wildman–Crippen MR) is 73.1 cm³/mol. The molecule has 3 N–H and O–H groups in total. The Bertz CT molecular complexity index is 437. The van der Waals surface area contributed by atoms with Crippen molar-refractivity contribution in [2.45, 2.75) is 18.2 Å². The van der Waals surface area contributed by atoms with Crippen molar-refractivity contribution in [3.8, 4) is 0 Å². The number of anilines is 1. The van der Waals surface area contributed by atoms with E-state index in [0.29, 0.717) is 27.4 Å². The summed E-state index contributed by atoms with van der Waals surface area (Å²) in [6, 6.07) is 5.12. The first kappa shape index (κ1) is 14.2. The van der Waals surface area contributed by atoms with Gasteiger partial charge < -0.3 is 11.1 Å². The van der Waals surface area contributed by atoms with Gasteiger partial charge in [0, 0.05) is 28.9 Å². The summed E-state index contributed by atoms with van der Waals surface area (Å²) in [7, 11) is -1.19. The maximum atomic E-state index is 11.9. The number of nitrogen functional groups attached to an aromatic ring is 1. The molecule has 0 saturated heterocycles. The molecule has 0 heterocycles. The topological polar surface area (TPSA) is 72.2 Å². The first-order chi connectivity index (χ1) is 8.04. The molecule has 4 nitrogen and oxygen atoms in total. The standard InChI is InChI=1S/C11H15BrN2O2S/c1-2-14-11(15)5-6-17(16)10-4-3-8(13)7-9(10)12/h3-4,7H,2,5-6,13H2,1H3,(H,14,15). The summed E-state index contributed by atoms with van der Waals surface area (Å²) in [5.74, 6) is 0.237. The fraction of sp³-hybridized carbons (Fsp3) is 0.364. The number of hydrogen-bond donors (Lipinski definition) is 2. The van der Waals surface area contributed by atoms with Crippen molar-refractivity contribution in [3.63, 3.8) is 0 Å². The van der Waals surface area contributed by atoms with Crippen LogP contribution in [0.25, 0.3) is 0 Å². The lowest BCUT2D eigenvalue weighted by molar-refractivity contribution is -0.120. The normalized spacial score (nSPS) is 12.1. The zero-order valence-electron chi connectivity index (χ0n) is 9.53. The van der Waals surface area contributed by atoms with E-state index in [0.717, 1.165) is 0 Å². The molecule has 0 aliphatic heterocycles. The molecule has 1 aromatic rings. The van der Waals surface area contributed by atoms with Gasteiger partial charge in [-0.2, -0.15) is 0 Å². The number of rotatable bonds is 5. The minimum atomic E-state index is -1.19. The fourth-order valence-electron chi connectivity index (χ4n) is 1.28. The summed E-state index contributed by atoms with van der Waals surface area (Å²) in [4.78, 5) is 11.9. The molecule has 0 saturated carbocycles. The van der Waals surface area contributed by atoms with Crippen LogP contribution in [0.1, 0.15) is 13.3 Å². The molecule has 0 aromatic heterocycles. The maximum Gasteiger partial charge on any atom is 0.220 e. The van der Waals surface area contributed by atoms with Crippen LogP contribution in [0.4, 0.5) is 5.69 Å². The highest BCUT2D eigenvalue weighted by atomic mass is 79.9. The van der Waals surface area contributed by atoms with E-state index in [-0.39, 0.29) is 12.3 Å². The second-order valence-electron chi connectivity index (χ2n) is 3.44. The van der Waals surface area contributed by atoms with Crippen LogP contribution in [0, 0.1) is 0 Å². The fourth-order valence-corrected chi connectivity index (χ4v) is 3.31. The lowest BCUT2D eigenvalue weighted by atomic mass is 10.3. The van der Waals surface area contributed by atoms with Gasteiger partial charge in [0.25, 0.3) is 0 Å². The van der Waals surface area contributed by atoms with Crippen molar-refractivity contribution in [1.82, 2.24) is 5.32 Å². The van der Waals surface area contributed by atoms with Gasteiger partial charge in [-0.3, -0.25) is 9.00 Å². The number of halogens is 1. The zero-order chi connectivity index (χ0) is 12.8. The number of benzene rings is 1. The third-order valence-electron chi connectivity index (χ3n) is 2.09. The Morgan fingerprint density at radius 1 is 1.53 bits per heavy atom. The van der Waals surface area contributed by atoms with Crippen molar-refractivity contribution in [3.05, 3.63) is 22.7 Å². The number of nitrogens with two attached hydrogens (primary N) is 1. The van der Waals surface area contributed by atoms with Crippen LogP contribution < -0.4 is 11.1 Å². The first-order valence-corrected chi connectivity index (χ1v) is 7.36. The molecule has 1 unspecified atom stereocenters. The van der Waals surface area contributed by atoms with Crippen molar-refractivity contribution in [2.24, 2.45) is 0 Å². The molecule has 94 valence electrons. The van der Waals surface area contributed by atoms with Gasteiger partial charge in [-0.1, -0.05) is 0 Å². The Labute approximate surface area is 112 Å². The minimum absolute atomic E-state index is 0.0765. The molecule has 1 aromatic carbocycles. The van der Waals surface area contributed by atoms with E-state index in [9.17, 15) is 9.00 Å². The average Bonchev–Trinajstić information content (AvgIpc) is 2.26. The van der Waals surface area contributed by atoms with E-state index in [1.165, 1.54) is 0 Å². The number of hydrogen-bond acceptors (Lipinski definition) is 3. The Balaban J connectivity index is 2.61. The lowest BCUT2D eigenvalue weighted by Gasteiger charge is -2.06. The second-order valence-corrected chi connectivity index (χ2v) is 5.84. The van der Waals surface area contributed by atoms with E-state index in [4.69, 9.17) is 5.73 Å². The Kier molecular flexibility index (Phi) is 5.64. The molecule has 1 rings (SSSR count). The molecular weight excluding hydrogens is 304 g/mol. The highest BCUT2D eigenvalue weighted by Gasteiger charge is 2.10. The van der Waals surface area contributed by atoms with Crippen molar-refractivity contribution in [2.75, 3.05) is 18.0 Å². The van der Waals surface area contributed by atoms with E-state index < -0.39 is 10.8 Å². The quantitative estimate of drug-likeness (QED) is 0.811. The molecular formula is C11H15BrN2O2S. The van der Waals surface area contributed by atoms with Crippen LogP contribution >= 0.6 is 15.9 Å². The summed E-state index contributed by atoms with van der Waals surface area (Å²) in [5.41, 5.74) is 6.21. The summed E-state index contributed by atoms with van der Waals surface area (Å²) >= 11 is 3.31. The summed E-state index contributed by atoms with van der Waals surface area (Å²) < 4.78 is 12.7. The molecule has 17 heavy (non-hydrogen) atoms. The number of amides is 1. The monoisotopic (exact) mass is 318 g/mol. The molecule has 0 aliphatic rings. The van der Waals surface area contributed by atoms with E-state index >= 15 is 0 Å². The van der Waals surface area contributed by atoms with Gasteiger partial charge in [-0.25, -0.2) is 0 Å². The Morgan fingerprint density at radius 2 is 2.24 bits per heavy atom. The number of carbonyl (C=O) groups is 1. The van der Waals surface area contributed by atoms with Crippen molar-refractivity contribution >= 4 is 38.3 Å². The van der Waals surface area contributed by atoms with Gasteiger partial charge in [0.05, 0.1) is 15.7 Å². The third kappa shape index (κ3) is 4.47. The molecule has 0 fully saturated rings. The molecule has 0 spiro atoms. The summed E-state index contributed by atoms with van der Waals surface area (Å²) in [5, 5.41) is 2.67. The van der Waals surface area contributed by atoms with E-state index in [1.807, 2.05) is 6.92 Å². The highest BCUT2D eigenvalue weighted by molar-refractivity contribution is 9.10. The molecule has 1 atom stereocenters. The third-order valence-corrected chi connectivity index (χ3v) is 4.43. The summed E-state index contributed by atoms with van der Waals surface area (Å²) in [6.07, 6.45) is 0.261. The average molecular weight is 319 g/mol. The van der Waals surface area contributed by atoms with Crippen LogP contribution in [-0.4, -0.2) is 22.4 Å². The second kappa shape index (κ2) is 6.76. The molecule has 0 bridgehead atoms. The summed E-state index contributed by atoms with van der Waals surface area (Å²) in [6.45, 7) is 2.45. The molecule has 0 radical (unpaired) electrons. The van der Waals surface area contributed by atoms with E-state index in [1.54, 1.807) is 18.2 Å². The van der Waals surface area contributed by atoms with Gasteiger partial charge in [-0.15, -0.1) is 0 Å². The lowest BCUT2D eigenvalue weighted by Crippen LogP contribution is -2.24. The zero-order valence-corrected chi connectivity index (χ0v) is 11.9. The Hall–Kier alpha value is -0.880. The van der Waals surface area contributed by atoms with Crippen LogP contribution in [0.15, 0.2) is 27.6 Å². The van der Waals surface area contributed by atoms with Crippen LogP contribution in [0.3, 0.4) is 0 Å². The highest BCUT2D eigenvalue weighted by Crippen LogP contribution is 2.23. The predicted octanol–water partition coefficient (Wildman–Crippen LogP) is 1.67. The van der Waals surface area contributed by atoms with Crippen molar-refractivity contribution in [1.29, 1.82) is 0 Å². The van der Waals surface area contributed by atoms with Gasteiger partial charge in [-0.05, 0) is 41.1 Å². The minimum Gasteiger partial charge on any atom is -0.399 e. The first-order valence-electron chi connectivity index (χ1n) is 5.24. The van der Waals surface area contributed by atoms with Crippen LogP contribution in [0.5, 0.6) is 0 Å². The largest absolute Gasteiger partial charge is 0.399 e. The van der Waals surface area contributed by atoms with Crippen molar-refractivity contribution < 1.29 is 9.00 Å². The van der Waals surface area contributed by atoms with Gasteiger partial charge >= 0.3 is 0 Å². The molecule has 6 heteroatoms. The Morgan fingerprint density at radius 3 is 2.82 bits per heavy atom. The number of nitrogens with one attached hydrogen (secondary N) is 1. The van der Waals surface area contributed by atoms with Crippen LogP contribution in [-0.2, 0) is 15.6 Å². The van der Waals surface area contributed by atoms with Gasteiger partial charge in [0.1, 0.15) is 0 Å². The van der Waals surface area contributed by atoms with Gasteiger partial charge in [0.2, 0.25) is 5.91 Å². The maximum absolute atomic E-state index is 11.9. The molecule has 1 amide bonds. The smallest absolute Gasteiger partial charge is 0.220 e. The van der Waals surface area contributed by atoms with Crippen LogP contribution in [0.2, 0.25) is 0 Å². The SMILES string of the molecule is CCNC(=O)CCS(=O)c1ccc(N)cc1Br. The van der Waals surface area contributed by atoms with Gasteiger partial charge in [0.15, 0.2) is 0 Å². The number of carbonyl (C=O) groups excluding carboxylic acids is 1.